The van der Waals surface area contributed by atoms with Crippen LogP contribution in [0.1, 0.15) is 15.9 Å². The lowest BCUT2D eigenvalue weighted by atomic mass is 10.1. The van der Waals surface area contributed by atoms with Gasteiger partial charge < -0.3 is 15.2 Å². The van der Waals surface area contributed by atoms with Gasteiger partial charge in [0.25, 0.3) is 5.91 Å². The van der Waals surface area contributed by atoms with E-state index in [0.29, 0.717) is 5.75 Å². The normalized spacial score (nSPS) is 9.86. The van der Waals surface area contributed by atoms with Crippen LogP contribution in [-0.4, -0.2) is 19.1 Å². The molecule has 0 fully saturated rings. The average Bonchev–Trinajstić information content (AvgIpc) is 2.54. The molecule has 0 unspecified atom stereocenters. The van der Waals surface area contributed by atoms with Gasteiger partial charge in [-0.1, -0.05) is 30.3 Å². The van der Waals surface area contributed by atoms with Crippen molar-refractivity contribution < 1.29 is 19.1 Å². The van der Waals surface area contributed by atoms with Gasteiger partial charge in [-0.3, -0.25) is 10.1 Å². The van der Waals surface area contributed by atoms with Crippen molar-refractivity contribution >= 4 is 17.7 Å². The number of primary amides is 1. The molecule has 0 heterocycles. The second kappa shape index (κ2) is 7.12. The predicted octanol–water partition coefficient (Wildman–Crippen LogP) is 2.54. The molecule has 2 amide bonds. The first-order valence-electron chi connectivity index (χ1n) is 6.55. The fraction of sp³-hybridized carbons (Fsp3) is 0.125. The number of anilines is 1. The number of hydrogen-bond donors (Lipinski definition) is 2. The Hall–Kier alpha value is -3.02. The minimum absolute atomic E-state index is 0.134. The van der Waals surface area contributed by atoms with E-state index < -0.39 is 12.0 Å². The standard InChI is InChI=1S/C16H16N2O4/c1-21-12-7-8-14(13(9-12)15(17)19)18-16(20)22-10-11-5-3-2-4-6-11/h2-9H,10H2,1H3,(H2,17,19)(H,18,20). The van der Waals surface area contributed by atoms with Gasteiger partial charge in [-0.25, -0.2) is 4.79 Å². The number of rotatable bonds is 5. The SMILES string of the molecule is COc1ccc(NC(=O)OCc2ccccc2)c(C(N)=O)c1. The molecule has 0 saturated carbocycles. The summed E-state index contributed by atoms with van der Waals surface area (Å²) in [6.07, 6.45) is -0.670. The lowest BCUT2D eigenvalue weighted by Crippen LogP contribution is -2.19. The van der Waals surface area contributed by atoms with Crippen LogP contribution in [0.5, 0.6) is 5.75 Å². The molecular formula is C16H16N2O4. The van der Waals surface area contributed by atoms with Crippen molar-refractivity contribution in [2.45, 2.75) is 6.61 Å². The Morgan fingerprint density at radius 1 is 1.14 bits per heavy atom. The maximum Gasteiger partial charge on any atom is 0.411 e. The molecule has 0 aromatic heterocycles. The number of carbonyl (C=O) groups excluding carboxylic acids is 2. The third-order valence-corrected chi connectivity index (χ3v) is 2.94. The number of ether oxygens (including phenoxy) is 2. The molecule has 0 saturated heterocycles. The van der Waals surface area contributed by atoms with E-state index in [1.54, 1.807) is 6.07 Å². The van der Waals surface area contributed by atoms with Gasteiger partial charge in [0.1, 0.15) is 12.4 Å². The average molecular weight is 300 g/mol. The molecule has 2 aromatic carbocycles. The van der Waals surface area contributed by atoms with Gasteiger partial charge in [-0.05, 0) is 23.8 Å². The Kier molecular flexibility index (Phi) is 4.98. The van der Waals surface area contributed by atoms with Crippen molar-refractivity contribution in [2.24, 2.45) is 5.73 Å². The largest absolute Gasteiger partial charge is 0.497 e. The van der Waals surface area contributed by atoms with E-state index in [0.717, 1.165) is 5.56 Å². The van der Waals surface area contributed by atoms with Gasteiger partial charge in [0, 0.05) is 0 Å². The number of benzene rings is 2. The molecule has 2 aromatic rings. The zero-order valence-corrected chi connectivity index (χ0v) is 12.0. The van der Waals surface area contributed by atoms with Crippen LogP contribution in [0.15, 0.2) is 48.5 Å². The van der Waals surface area contributed by atoms with Crippen molar-refractivity contribution in [3.63, 3.8) is 0 Å². The quantitative estimate of drug-likeness (QED) is 0.887. The Bertz CT molecular complexity index is 671. The molecule has 0 aliphatic carbocycles. The molecule has 0 atom stereocenters. The first-order chi connectivity index (χ1) is 10.6. The van der Waals surface area contributed by atoms with Crippen LogP contribution in [0.2, 0.25) is 0 Å². The highest BCUT2D eigenvalue weighted by Crippen LogP contribution is 2.22. The van der Waals surface area contributed by atoms with Crippen LogP contribution in [0.3, 0.4) is 0 Å². The minimum Gasteiger partial charge on any atom is -0.497 e. The van der Waals surface area contributed by atoms with Crippen LogP contribution >= 0.6 is 0 Å². The maximum atomic E-state index is 11.8. The molecule has 0 radical (unpaired) electrons. The first kappa shape index (κ1) is 15.4. The van der Waals surface area contributed by atoms with E-state index in [-0.39, 0.29) is 17.9 Å². The summed E-state index contributed by atoms with van der Waals surface area (Å²) in [5.74, 6) is -0.200. The Morgan fingerprint density at radius 2 is 1.86 bits per heavy atom. The van der Waals surface area contributed by atoms with Gasteiger partial charge in [0.2, 0.25) is 0 Å². The number of nitrogens with one attached hydrogen (secondary N) is 1. The van der Waals surface area contributed by atoms with Crippen LogP contribution in [0.4, 0.5) is 10.5 Å². The van der Waals surface area contributed by atoms with E-state index in [2.05, 4.69) is 5.32 Å². The van der Waals surface area contributed by atoms with E-state index in [9.17, 15) is 9.59 Å². The Balaban J connectivity index is 2.03. The van der Waals surface area contributed by atoms with Crippen molar-refractivity contribution in [1.29, 1.82) is 0 Å². The van der Waals surface area contributed by atoms with Crippen LogP contribution < -0.4 is 15.8 Å². The number of amides is 2. The predicted molar refractivity (Wildman–Crippen MR) is 81.8 cm³/mol. The third kappa shape index (κ3) is 3.99. The highest BCUT2D eigenvalue weighted by molar-refractivity contribution is 6.02. The van der Waals surface area contributed by atoms with E-state index in [4.69, 9.17) is 15.2 Å². The monoisotopic (exact) mass is 300 g/mol. The molecule has 0 bridgehead atoms. The molecule has 3 N–H and O–H groups in total. The second-order valence-corrected chi connectivity index (χ2v) is 4.46. The van der Waals surface area contributed by atoms with Crippen molar-refractivity contribution in [3.8, 4) is 5.75 Å². The molecule has 6 heteroatoms. The zero-order valence-electron chi connectivity index (χ0n) is 12.0. The van der Waals surface area contributed by atoms with Crippen molar-refractivity contribution in [3.05, 3.63) is 59.7 Å². The summed E-state index contributed by atoms with van der Waals surface area (Å²) in [4.78, 5) is 23.2. The van der Waals surface area contributed by atoms with E-state index >= 15 is 0 Å². The number of nitrogens with two attached hydrogens (primary N) is 1. The Labute approximate surface area is 127 Å². The van der Waals surface area contributed by atoms with Gasteiger partial charge in [0.15, 0.2) is 0 Å². The molecule has 0 aliphatic heterocycles. The summed E-state index contributed by atoms with van der Waals surface area (Å²) in [5.41, 5.74) is 6.57. The lowest BCUT2D eigenvalue weighted by molar-refractivity contribution is 0.100. The smallest absolute Gasteiger partial charge is 0.411 e. The number of hydrogen-bond acceptors (Lipinski definition) is 4. The van der Waals surface area contributed by atoms with Crippen LogP contribution in [0.25, 0.3) is 0 Å². The molecular weight excluding hydrogens is 284 g/mol. The fourth-order valence-electron chi connectivity index (χ4n) is 1.83. The van der Waals surface area contributed by atoms with Crippen molar-refractivity contribution in [2.75, 3.05) is 12.4 Å². The van der Waals surface area contributed by atoms with Gasteiger partial charge >= 0.3 is 6.09 Å². The van der Waals surface area contributed by atoms with Crippen LogP contribution in [0, 0.1) is 0 Å². The summed E-state index contributed by atoms with van der Waals surface area (Å²) >= 11 is 0. The number of methoxy groups -OCH3 is 1. The van der Waals surface area contributed by atoms with Crippen molar-refractivity contribution in [1.82, 2.24) is 0 Å². The molecule has 22 heavy (non-hydrogen) atoms. The van der Waals surface area contributed by atoms with Gasteiger partial charge in [-0.2, -0.15) is 0 Å². The fourth-order valence-corrected chi connectivity index (χ4v) is 1.83. The molecule has 2 rings (SSSR count). The van der Waals surface area contributed by atoms with Gasteiger partial charge in [-0.15, -0.1) is 0 Å². The van der Waals surface area contributed by atoms with E-state index in [1.165, 1.54) is 19.2 Å². The first-order valence-corrected chi connectivity index (χ1v) is 6.55. The summed E-state index contributed by atoms with van der Waals surface area (Å²) in [7, 11) is 1.47. The topological polar surface area (TPSA) is 90.7 Å². The molecule has 114 valence electrons. The summed E-state index contributed by atoms with van der Waals surface area (Å²) in [5, 5.41) is 2.50. The summed E-state index contributed by atoms with van der Waals surface area (Å²) in [6.45, 7) is 0.134. The zero-order chi connectivity index (χ0) is 15.9. The van der Waals surface area contributed by atoms with Crippen LogP contribution in [-0.2, 0) is 11.3 Å². The second-order valence-electron chi connectivity index (χ2n) is 4.46. The molecule has 0 spiro atoms. The van der Waals surface area contributed by atoms with E-state index in [1.807, 2.05) is 30.3 Å². The minimum atomic E-state index is -0.670. The molecule has 0 aliphatic rings. The highest BCUT2D eigenvalue weighted by atomic mass is 16.5. The summed E-state index contributed by atoms with van der Waals surface area (Å²) < 4.78 is 10.1. The number of carbonyl (C=O) groups is 2. The lowest BCUT2D eigenvalue weighted by Gasteiger charge is -2.11. The highest BCUT2D eigenvalue weighted by Gasteiger charge is 2.13. The Morgan fingerprint density at radius 3 is 2.50 bits per heavy atom. The van der Waals surface area contributed by atoms with Gasteiger partial charge in [0.05, 0.1) is 18.4 Å². The molecule has 6 nitrogen and oxygen atoms in total. The third-order valence-electron chi connectivity index (χ3n) is 2.94. The maximum absolute atomic E-state index is 11.8. The summed E-state index contributed by atoms with van der Waals surface area (Å²) in [6, 6.07) is 13.9.